The SMILES string of the molecule is COc1ccc(Oc2ncnc3sc4c(c23)CCC4)c([N+](=O)[O-])c1. The molecule has 0 atom stereocenters. The van der Waals surface area contributed by atoms with E-state index in [1.165, 1.54) is 36.0 Å². The van der Waals surface area contributed by atoms with Gasteiger partial charge in [-0.05, 0) is 37.0 Å². The van der Waals surface area contributed by atoms with Crippen molar-refractivity contribution in [2.45, 2.75) is 19.3 Å². The molecule has 0 saturated carbocycles. The molecule has 0 aliphatic heterocycles. The zero-order valence-electron chi connectivity index (χ0n) is 12.8. The van der Waals surface area contributed by atoms with E-state index in [4.69, 9.17) is 9.47 Å². The van der Waals surface area contributed by atoms with Crippen LogP contribution in [0.4, 0.5) is 5.69 Å². The number of fused-ring (bicyclic) bond motifs is 3. The zero-order valence-corrected chi connectivity index (χ0v) is 13.6. The lowest BCUT2D eigenvalue weighted by molar-refractivity contribution is -0.385. The lowest BCUT2D eigenvalue weighted by Crippen LogP contribution is -1.97. The van der Waals surface area contributed by atoms with Crippen molar-refractivity contribution in [2.24, 2.45) is 0 Å². The predicted octanol–water partition coefficient (Wildman–Crippen LogP) is 3.89. The third kappa shape index (κ3) is 2.35. The first-order chi connectivity index (χ1) is 11.7. The number of nitro benzene ring substituents is 1. The van der Waals surface area contributed by atoms with Gasteiger partial charge >= 0.3 is 5.69 Å². The maximum Gasteiger partial charge on any atom is 0.315 e. The smallest absolute Gasteiger partial charge is 0.315 e. The average Bonchev–Trinajstić information content (AvgIpc) is 3.16. The van der Waals surface area contributed by atoms with Crippen LogP contribution in [0.1, 0.15) is 16.9 Å². The van der Waals surface area contributed by atoms with E-state index >= 15 is 0 Å². The van der Waals surface area contributed by atoms with E-state index in [0.717, 1.165) is 29.5 Å². The zero-order chi connectivity index (χ0) is 16.7. The second-order valence-electron chi connectivity index (χ2n) is 5.41. The maximum absolute atomic E-state index is 11.3. The summed E-state index contributed by atoms with van der Waals surface area (Å²) in [6.07, 6.45) is 4.54. The number of benzene rings is 1. The van der Waals surface area contributed by atoms with Crippen molar-refractivity contribution < 1.29 is 14.4 Å². The van der Waals surface area contributed by atoms with Gasteiger partial charge in [0.2, 0.25) is 11.6 Å². The highest BCUT2D eigenvalue weighted by Gasteiger charge is 2.24. The number of hydrogen-bond acceptors (Lipinski definition) is 7. The Morgan fingerprint density at radius 3 is 2.96 bits per heavy atom. The molecule has 2 aromatic heterocycles. The molecule has 7 nitrogen and oxygen atoms in total. The van der Waals surface area contributed by atoms with Gasteiger partial charge in [0.05, 0.1) is 23.5 Å². The fraction of sp³-hybridized carbons (Fsp3) is 0.250. The first-order valence-corrected chi connectivity index (χ1v) is 8.24. The molecule has 0 fully saturated rings. The van der Waals surface area contributed by atoms with Gasteiger partial charge in [-0.1, -0.05) is 0 Å². The molecule has 0 amide bonds. The summed E-state index contributed by atoms with van der Waals surface area (Å²) in [4.78, 5) is 21.5. The van der Waals surface area contributed by atoms with Crippen molar-refractivity contribution in [3.63, 3.8) is 0 Å². The Kier molecular flexibility index (Phi) is 3.53. The van der Waals surface area contributed by atoms with Crippen LogP contribution in [0, 0.1) is 10.1 Å². The Bertz CT molecular complexity index is 954. The molecule has 0 bridgehead atoms. The molecular weight excluding hydrogens is 330 g/mol. The van der Waals surface area contributed by atoms with Gasteiger partial charge < -0.3 is 9.47 Å². The first-order valence-electron chi connectivity index (χ1n) is 7.43. The van der Waals surface area contributed by atoms with Gasteiger partial charge in [0, 0.05) is 4.88 Å². The van der Waals surface area contributed by atoms with E-state index < -0.39 is 4.92 Å². The van der Waals surface area contributed by atoms with Crippen molar-refractivity contribution in [3.8, 4) is 17.4 Å². The monoisotopic (exact) mass is 343 g/mol. The van der Waals surface area contributed by atoms with Crippen LogP contribution in [0.5, 0.6) is 17.4 Å². The molecule has 122 valence electrons. The highest BCUT2D eigenvalue weighted by molar-refractivity contribution is 7.18. The van der Waals surface area contributed by atoms with Crippen molar-refractivity contribution in [2.75, 3.05) is 7.11 Å². The molecule has 0 N–H and O–H groups in total. The van der Waals surface area contributed by atoms with Crippen LogP contribution in [0.15, 0.2) is 24.5 Å². The van der Waals surface area contributed by atoms with Gasteiger partial charge in [0.1, 0.15) is 16.9 Å². The first kappa shape index (κ1) is 14.8. The van der Waals surface area contributed by atoms with E-state index in [2.05, 4.69) is 9.97 Å². The van der Waals surface area contributed by atoms with Crippen LogP contribution in [-0.4, -0.2) is 22.0 Å². The summed E-state index contributed by atoms with van der Waals surface area (Å²) in [5.74, 6) is 0.907. The summed E-state index contributed by atoms with van der Waals surface area (Å²) in [6, 6.07) is 4.49. The van der Waals surface area contributed by atoms with Crippen LogP contribution in [0.2, 0.25) is 0 Å². The van der Waals surface area contributed by atoms with Gasteiger partial charge in [-0.3, -0.25) is 10.1 Å². The summed E-state index contributed by atoms with van der Waals surface area (Å²) in [6.45, 7) is 0. The Morgan fingerprint density at radius 2 is 2.17 bits per heavy atom. The second-order valence-corrected chi connectivity index (χ2v) is 6.49. The van der Waals surface area contributed by atoms with Crippen LogP contribution < -0.4 is 9.47 Å². The predicted molar refractivity (Wildman–Crippen MR) is 89.2 cm³/mol. The third-order valence-electron chi connectivity index (χ3n) is 4.04. The van der Waals surface area contributed by atoms with Gasteiger partial charge in [0.15, 0.2) is 0 Å². The Balaban J connectivity index is 1.82. The lowest BCUT2D eigenvalue weighted by atomic mass is 10.2. The summed E-state index contributed by atoms with van der Waals surface area (Å²) in [5.41, 5.74) is 1.05. The summed E-state index contributed by atoms with van der Waals surface area (Å²) in [5, 5.41) is 12.2. The number of ether oxygens (including phenoxy) is 2. The summed E-state index contributed by atoms with van der Waals surface area (Å²) >= 11 is 1.64. The van der Waals surface area contributed by atoms with Crippen molar-refractivity contribution in [1.82, 2.24) is 9.97 Å². The topological polar surface area (TPSA) is 87.4 Å². The molecule has 2 heterocycles. The minimum absolute atomic E-state index is 0.138. The third-order valence-corrected chi connectivity index (χ3v) is 5.24. The Labute approximate surface area is 141 Å². The van der Waals surface area contributed by atoms with E-state index in [-0.39, 0.29) is 11.4 Å². The molecule has 1 aromatic carbocycles. The summed E-state index contributed by atoms with van der Waals surface area (Å²) < 4.78 is 10.9. The quantitative estimate of drug-likeness (QED) is 0.527. The van der Waals surface area contributed by atoms with Crippen LogP contribution in [0.3, 0.4) is 0 Å². The fourth-order valence-corrected chi connectivity index (χ4v) is 4.15. The Morgan fingerprint density at radius 1 is 1.29 bits per heavy atom. The van der Waals surface area contributed by atoms with Gasteiger partial charge in [0.25, 0.3) is 0 Å². The number of thiophene rings is 1. The fourth-order valence-electron chi connectivity index (χ4n) is 2.93. The van der Waals surface area contributed by atoms with Gasteiger partial charge in [-0.2, -0.15) is 0 Å². The average molecular weight is 343 g/mol. The highest BCUT2D eigenvalue weighted by Crippen LogP contribution is 2.42. The molecule has 1 aliphatic carbocycles. The largest absolute Gasteiger partial charge is 0.496 e. The van der Waals surface area contributed by atoms with Crippen molar-refractivity contribution in [3.05, 3.63) is 45.1 Å². The second kappa shape index (κ2) is 5.72. The number of aromatic nitrogens is 2. The molecule has 3 aromatic rings. The molecule has 0 saturated heterocycles. The van der Waals surface area contributed by atoms with E-state index in [1.54, 1.807) is 17.4 Å². The minimum atomic E-state index is -0.492. The van der Waals surface area contributed by atoms with E-state index in [1.807, 2.05) is 0 Å². The molecule has 0 unspecified atom stereocenters. The molecule has 1 aliphatic rings. The number of nitrogens with zero attached hydrogens (tertiary/aromatic N) is 3. The van der Waals surface area contributed by atoms with Gasteiger partial charge in [-0.15, -0.1) is 11.3 Å². The molecule has 0 radical (unpaired) electrons. The number of methoxy groups -OCH3 is 1. The molecule has 0 spiro atoms. The normalized spacial score (nSPS) is 13.0. The number of nitro groups is 1. The summed E-state index contributed by atoms with van der Waals surface area (Å²) in [7, 11) is 1.46. The number of rotatable bonds is 4. The van der Waals surface area contributed by atoms with Crippen molar-refractivity contribution in [1.29, 1.82) is 0 Å². The number of aryl methyl sites for hydroxylation is 2. The maximum atomic E-state index is 11.3. The minimum Gasteiger partial charge on any atom is -0.496 e. The standard InChI is InChI=1S/C16H13N3O4S/c1-22-9-5-6-12(11(7-9)19(20)21)23-15-14-10-3-2-4-13(10)24-16(14)18-8-17-15/h5-8H,2-4H2,1H3. The van der Waals surface area contributed by atoms with E-state index in [9.17, 15) is 10.1 Å². The van der Waals surface area contributed by atoms with Gasteiger partial charge in [-0.25, -0.2) is 9.97 Å². The Hall–Kier alpha value is -2.74. The molecule has 24 heavy (non-hydrogen) atoms. The highest BCUT2D eigenvalue weighted by atomic mass is 32.1. The van der Waals surface area contributed by atoms with Crippen LogP contribution >= 0.6 is 11.3 Å². The van der Waals surface area contributed by atoms with Crippen LogP contribution in [0.25, 0.3) is 10.2 Å². The molecule has 8 heteroatoms. The molecular formula is C16H13N3O4S. The number of hydrogen-bond donors (Lipinski definition) is 0. The molecule has 4 rings (SSSR count). The lowest BCUT2D eigenvalue weighted by Gasteiger charge is -2.08. The van der Waals surface area contributed by atoms with E-state index in [0.29, 0.717) is 11.6 Å². The van der Waals surface area contributed by atoms with Crippen LogP contribution in [-0.2, 0) is 12.8 Å². The van der Waals surface area contributed by atoms with Crippen molar-refractivity contribution >= 4 is 27.2 Å².